The highest BCUT2D eigenvalue weighted by Crippen LogP contribution is 2.21. The Morgan fingerprint density at radius 3 is 3.00 bits per heavy atom. The number of rotatable bonds is 0. The number of benzene rings is 1. The fourth-order valence-corrected chi connectivity index (χ4v) is 1.70. The summed E-state index contributed by atoms with van der Waals surface area (Å²) in [7, 11) is 0. The minimum absolute atomic E-state index is 0.663. The summed E-state index contributed by atoms with van der Waals surface area (Å²) in [6, 6.07) is 5.56. The molecule has 1 aromatic heterocycles. The van der Waals surface area contributed by atoms with Gasteiger partial charge in [0.1, 0.15) is 0 Å². The van der Waals surface area contributed by atoms with Crippen molar-refractivity contribution in [2.45, 2.75) is 0 Å². The quantitative estimate of drug-likeness (QED) is 0.657. The molecule has 0 unspecified atom stereocenters. The van der Waals surface area contributed by atoms with E-state index >= 15 is 0 Å². The van der Waals surface area contributed by atoms with E-state index in [1.165, 1.54) is 0 Å². The van der Waals surface area contributed by atoms with Crippen LogP contribution in [0.1, 0.15) is 0 Å². The maximum Gasteiger partial charge on any atom is 0.0686 e. The number of fused-ring (bicyclic) bond motifs is 1. The third-order valence-electron chi connectivity index (χ3n) is 1.63. The maximum atomic E-state index is 5.95. The minimum Gasteiger partial charge on any atom is -0.278 e. The molecule has 0 aliphatic rings. The molecule has 12 heavy (non-hydrogen) atoms. The number of halogens is 1. The number of hydrogen-bond acceptors (Lipinski definition) is 2. The molecule has 0 radical (unpaired) electrons. The van der Waals surface area contributed by atoms with Crippen LogP contribution in [0.15, 0.2) is 24.4 Å². The molecule has 2 rings (SSSR count). The number of nitrogens with zero attached hydrogens (tertiary/aromatic N) is 1. The molecule has 60 valence electrons. The Labute approximate surface area is 79.2 Å². The zero-order chi connectivity index (χ0) is 8.55. The van der Waals surface area contributed by atoms with E-state index in [1.54, 1.807) is 6.20 Å². The smallest absolute Gasteiger partial charge is 0.0686 e. The molecule has 0 atom stereocenters. The highest BCUT2D eigenvalue weighted by atomic mass is 35.5. The Morgan fingerprint density at radius 1 is 1.42 bits per heavy atom. The van der Waals surface area contributed by atoms with Crippen molar-refractivity contribution in [3.8, 4) is 0 Å². The molecule has 2 nitrogen and oxygen atoms in total. The molecular weight excluding hydrogens is 192 g/mol. The van der Waals surface area contributed by atoms with Gasteiger partial charge in [0.15, 0.2) is 0 Å². The molecule has 1 N–H and O–H groups in total. The normalized spacial score (nSPS) is 10.4. The summed E-state index contributed by atoms with van der Waals surface area (Å²) in [6.45, 7) is 0. The number of aromatic nitrogens is 2. The van der Waals surface area contributed by atoms with Gasteiger partial charge >= 0.3 is 0 Å². The lowest BCUT2D eigenvalue weighted by Gasteiger charge is -1.97. The average molecular weight is 197 g/mol. The van der Waals surface area contributed by atoms with E-state index in [-0.39, 0.29) is 0 Å². The molecule has 0 spiro atoms. The van der Waals surface area contributed by atoms with E-state index in [1.807, 2.05) is 18.2 Å². The molecule has 0 fully saturated rings. The van der Waals surface area contributed by atoms with E-state index in [9.17, 15) is 0 Å². The van der Waals surface area contributed by atoms with Gasteiger partial charge in [-0.1, -0.05) is 29.9 Å². The first-order chi connectivity index (χ1) is 5.79. The fraction of sp³-hybridized carbons (Fsp3) is 0. The molecule has 0 bridgehead atoms. The van der Waals surface area contributed by atoms with Gasteiger partial charge in [0, 0.05) is 5.39 Å². The second-order valence-electron chi connectivity index (χ2n) is 2.40. The third-order valence-corrected chi connectivity index (χ3v) is 2.25. The van der Waals surface area contributed by atoms with Crippen LogP contribution in [0.25, 0.3) is 10.9 Å². The van der Waals surface area contributed by atoms with Crippen molar-refractivity contribution >= 4 is 34.7 Å². The molecule has 1 heterocycles. The van der Waals surface area contributed by atoms with Gasteiger partial charge in [0.05, 0.1) is 21.2 Å². The van der Waals surface area contributed by atoms with Gasteiger partial charge in [-0.2, -0.15) is 5.10 Å². The first-order valence-electron chi connectivity index (χ1n) is 3.41. The van der Waals surface area contributed by atoms with Crippen molar-refractivity contribution in [2.75, 3.05) is 0 Å². The van der Waals surface area contributed by atoms with Gasteiger partial charge in [0.2, 0.25) is 0 Å². The van der Waals surface area contributed by atoms with Crippen molar-refractivity contribution in [3.63, 3.8) is 0 Å². The summed E-state index contributed by atoms with van der Waals surface area (Å²) in [5, 5.41) is 8.23. The van der Waals surface area contributed by atoms with Crippen LogP contribution >= 0.6 is 23.8 Å². The number of hydrogen-bond donors (Lipinski definition) is 1. The van der Waals surface area contributed by atoms with Crippen LogP contribution in [0, 0.1) is 4.51 Å². The van der Waals surface area contributed by atoms with Crippen LogP contribution in [-0.2, 0) is 0 Å². The van der Waals surface area contributed by atoms with Crippen LogP contribution in [0.2, 0.25) is 5.02 Å². The topological polar surface area (TPSA) is 28.7 Å². The van der Waals surface area contributed by atoms with E-state index in [0.717, 1.165) is 10.9 Å². The van der Waals surface area contributed by atoms with E-state index in [0.29, 0.717) is 9.53 Å². The van der Waals surface area contributed by atoms with Crippen molar-refractivity contribution in [1.29, 1.82) is 0 Å². The number of aromatic amines is 1. The van der Waals surface area contributed by atoms with Crippen molar-refractivity contribution in [3.05, 3.63) is 33.9 Å². The number of H-pyrrole nitrogens is 1. The van der Waals surface area contributed by atoms with Crippen molar-refractivity contribution in [1.82, 2.24) is 10.2 Å². The Balaban J connectivity index is 3.07. The monoisotopic (exact) mass is 196 g/mol. The van der Waals surface area contributed by atoms with Crippen LogP contribution in [0.5, 0.6) is 0 Å². The van der Waals surface area contributed by atoms with Gasteiger partial charge < -0.3 is 0 Å². The predicted octanol–water partition coefficient (Wildman–Crippen LogP) is 2.95. The summed E-state index contributed by atoms with van der Waals surface area (Å²) >= 11 is 11.0. The second-order valence-corrected chi connectivity index (χ2v) is 3.24. The molecular formula is C8H5ClN2S. The molecule has 0 aliphatic heterocycles. The third kappa shape index (κ3) is 1.11. The van der Waals surface area contributed by atoms with E-state index in [4.69, 9.17) is 23.8 Å². The molecule has 0 saturated heterocycles. The van der Waals surface area contributed by atoms with Gasteiger partial charge in [-0.15, -0.1) is 0 Å². The summed E-state index contributed by atoms with van der Waals surface area (Å²) in [5.41, 5.74) is 0.870. The zero-order valence-electron chi connectivity index (χ0n) is 6.04. The van der Waals surface area contributed by atoms with Crippen LogP contribution in [0.4, 0.5) is 0 Å². The van der Waals surface area contributed by atoms with Gasteiger partial charge in [-0.25, -0.2) is 0 Å². The van der Waals surface area contributed by atoms with Gasteiger partial charge in [-0.3, -0.25) is 5.10 Å². The summed E-state index contributed by atoms with van der Waals surface area (Å²) < 4.78 is 0.675. The van der Waals surface area contributed by atoms with Crippen LogP contribution in [-0.4, -0.2) is 10.2 Å². The van der Waals surface area contributed by atoms with E-state index in [2.05, 4.69) is 10.2 Å². The van der Waals surface area contributed by atoms with Gasteiger partial charge in [-0.05, 0) is 12.1 Å². The lowest BCUT2D eigenvalue weighted by Crippen LogP contribution is -1.83. The van der Waals surface area contributed by atoms with Crippen molar-refractivity contribution in [2.24, 2.45) is 0 Å². The zero-order valence-corrected chi connectivity index (χ0v) is 7.62. The summed E-state index contributed by atoms with van der Waals surface area (Å²) in [6.07, 6.45) is 1.59. The maximum absolute atomic E-state index is 5.95. The van der Waals surface area contributed by atoms with Gasteiger partial charge in [0.25, 0.3) is 0 Å². The van der Waals surface area contributed by atoms with E-state index < -0.39 is 0 Å². The number of nitrogens with one attached hydrogen (secondary N) is 1. The molecule has 1 aromatic carbocycles. The predicted molar refractivity (Wildman–Crippen MR) is 51.9 cm³/mol. The highest BCUT2D eigenvalue weighted by molar-refractivity contribution is 7.71. The lowest BCUT2D eigenvalue weighted by atomic mass is 10.2. The molecule has 0 saturated carbocycles. The van der Waals surface area contributed by atoms with Crippen LogP contribution < -0.4 is 0 Å². The lowest BCUT2D eigenvalue weighted by molar-refractivity contribution is 1.07. The Bertz CT molecular complexity index is 472. The summed E-state index contributed by atoms with van der Waals surface area (Å²) in [5.74, 6) is 0. The molecule has 0 amide bonds. The Hall–Kier alpha value is -0.930. The minimum atomic E-state index is 0.663. The summed E-state index contributed by atoms with van der Waals surface area (Å²) in [4.78, 5) is 0. The first kappa shape index (κ1) is 7.71. The molecule has 4 heteroatoms. The Morgan fingerprint density at radius 2 is 2.25 bits per heavy atom. The standard InChI is InChI=1S/C8H5ClN2S/c9-5-2-1-3-6-8(5)7(12)4-10-11-6/h1-4H,(H,11,12). The molecule has 0 aliphatic carbocycles. The highest BCUT2D eigenvalue weighted by Gasteiger charge is 1.98. The largest absolute Gasteiger partial charge is 0.278 e. The van der Waals surface area contributed by atoms with Crippen LogP contribution in [0.3, 0.4) is 0 Å². The first-order valence-corrected chi connectivity index (χ1v) is 4.19. The average Bonchev–Trinajstić information content (AvgIpc) is 2.04. The SMILES string of the molecule is S=c1cn[nH]c2cccc(Cl)c12. The molecule has 2 aromatic rings. The fourth-order valence-electron chi connectivity index (χ4n) is 1.09. The van der Waals surface area contributed by atoms with Crippen molar-refractivity contribution < 1.29 is 0 Å². The Kier molecular flexibility index (Phi) is 1.83. The second kappa shape index (κ2) is 2.84.